The largest absolute Gasteiger partial charge is 0.397 e. The average molecular weight is 254 g/mol. The number of hydrogen-bond acceptors (Lipinski definition) is 3. The van der Waals surface area contributed by atoms with Gasteiger partial charge < -0.3 is 15.8 Å². The van der Waals surface area contributed by atoms with Gasteiger partial charge in [0.15, 0.2) is 0 Å². The summed E-state index contributed by atoms with van der Waals surface area (Å²) in [5.41, 5.74) is 7.58. The molecule has 0 aliphatic rings. The van der Waals surface area contributed by atoms with E-state index in [1.807, 2.05) is 0 Å². The smallest absolute Gasteiger partial charge is 0.128 e. The van der Waals surface area contributed by atoms with Crippen molar-refractivity contribution in [1.82, 2.24) is 0 Å². The molecule has 0 radical (unpaired) electrons. The minimum absolute atomic E-state index is 0.263. The third-order valence-electron chi connectivity index (χ3n) is 2.75. The van der Waals surface area contributed by atoms with Gasteiger partial charge in [0.1, 0.15) is 5.82 Å². The van der Waals surface area contributed by atoms with Gasteiger partial charge in [-0.1, -0.05) is 13.3 Å². The third-order valence-corrected chi connectivity index (χ3v) is 2.75. The Kier molecular flexibility index (Phi) is 6.50. The summed E-state index contributed by atoms with van der Waals surface area (Å²) >= 11 is 0. The number of halogens is 1. The minimum Gasteiger partial charge on any atom is -0.397 e. The Hall–Kier alpha value is -1.29. The summed E-state index contributed by atoms with van der Waals surface area (Å²) in [6, 6.07) is 3.10. The second kappa shape index (κ2) is 7.93. The first-order valence-electron chi connectivity index (χ1n) is 6.52. The van der Waals surface area contributed by atoms with E-state index < -0.39 is 0 Å². The van der Waals surface area contributed by atoms with Crippen LogP contribution in [0.3, 0.4) is 0 Å². The Balaban J connectivity index is 2.25. The van der Waals surface area contributed by atoms with Gasteiger partial charge in [0.25, 0.3) is 0 Å². The number of nitrogens with one attached hydrogen (secondary N) is 1. The summed E-state index contributed by atoms with van der Waals surface area (Å²) in [6.45, 7) is 6.22. The fourth-order valence-corrected chi connectivity index (χ4v) is 1.60. The quantitative estimate of drug-likeness (QED) is 0.552. The molecule has 0 amide bonds. The van der Waals surface area contributed by atoms with E-state index in [-0.39, 0.29) is 5.82 Å². The summed E-state index contributed by atoms with van der Waals surface area (Å²) in [5.74, 6) is -0.263. The van der Waals surface area contributed by atoms with Crippen LogP contribution in [0.5, 0.6) is 0 Å². The predicted molar refractivity (Wildman–Crippen MR) is 74.4 cm³/mol. The Bertz CT molecular complexity index is 369. The fourth-order valence-electron chi connectivity index (χ4n) is 1.60. The zero-order valence-electron chi connectivity index (χ0n) is 11.3. The molecule has 102 valence electrons. The van der Waals surface area contributed by atoms with Gasteiger partial charge in [-0.05, 0) is 37.5 Å². The summed E-state index contributed by atoms with van der Waals surface area (Å²) in [6.07, 6.45) is 3.18. The molecule has 0 unspecified atom stereocenters. The lowest BCUT2D eigenvalue weighted by Gasteiger charge is -2.11. The maximum absolute atomic E-state index is 13.2. The molecule has 1 rings (SSSR count). The Morgan fingerprint density at radius 3 is 2.72 bits per heavy atom. The number of nitrogen functional groups attached to an aromatic ring is 1. The lowest BCUT2D eigenvalue weighted by molar-refractivity contribution is 0.131. The molecule has 0 fully saturated rings. The van der Waals surface area contributed by atoms with Crippen LogP contribution in [0.4, 0.5) is 15.8 Å². The van der Waals surface area contributed by atoms with Crippen LogP contribution in [-0.4, -0.2) is 19.8 Å². The summed E-state index contributed by atoms with van der Waals surface area (Å²) < 4.78 is 18.6. The van der Waals surface area contributed by atoms with Crippen LogP contribution in [0.25, 0.3) is 0 Å². The van der Waals surface area contributed by atoms with Crippen molar-refractivity contribution < 1.29 is 9.13 Å². The maximum atomic E-state index is 13.2. The zero-order valence-corrected chi connectivity index (χ0v) is 11.3. The number of nitrogens with two attached hydrogens (primary N) is 1. The van der Waals surface area contributed by atoms with Gasteiger partial charge in [-0.3, -0.25) is 0 Å². The zero-order chi connectivity index (χ0) is 13.4. The van der Waals surface area contributed by atoms with Crippen LogP contribution in [-0.2, 0) is 4.74 Å². The number of unbranched alkanes of at least 4 members (excludes halogenated alkanes) is 1. The van der Waals surface area contributed by atoms with E-state index in [9.17, 15) is 4.39 Å². The standard InChI is InChI=1S/C14H23FN2O/c1-3-4-7-18-8-5-6-17-14-9-11(2)12(15)10-13(14)16/h9-10,17H,3-8,16H2,1-2H3. The monoisotopic (exact) mass is 254 g/mol. The van der Waals surface area contributed by atoms with Crippen LogP contribution in [0.15, 0.2) is 12.1 Å². The molecule has 0 aliphatic carbocycles. The second-order valence-electron chi connectivity index (χ2n) is 4.43. The predicted octanol–water partition coefficient (Wildman–Crippen LogP) is 3.34. The summed E-state index contributed by atoms with van der Waals surface area (Å²) in [4.78, 5) is 0. The molecule has 0 atom stereocenters. The molecule has 0 spiro atoms. The Morgan fingerprint density at radius 2 is 2.00 bits per heavy atom. The number of anilines is 2. The Morgan fingerprint density at radius 1 is 1.28 bits per heavy atom. The van der Waals surface area contributed by atoms with E-state index >= 15 is 0 Å². The minimum atomic E-state index is -0.263. The van der Waals surface area contributed by atoms with Crippen molar-refractivity contribution in [3.63, 3.8) is 0 Å². The molecule has 0 heterocycles. The van der Waals surface area contributed by atoms with Gasteiger partial charge in [0.05, 0.1) is 11.4 Å². The first-order valence-corrected chi connectivity index (χ1v) is 6.52. The molecule has 3 N–H and O–H groups in total. The number of ether oxygens (including phenoxy) is 1. The molecule has 1 aromatic rings. The number of rotatable bonds is 8. The first kappa shape index (κ1) is 14.8. The van der Waals surface area contributed by atoms with Crippen molar-refractivity contribution in [3.8, 4) is 0 Å². The van der Waals surface area contributed by atoms with Gasteiger partial charge in [-0.25, -0.2) is 4.39 Å². The molecule has 0 saturated carbocycles. The lowest BCUT2D eigenvalue weighted by Crippen LogP contribution is -2.08. The fraction of sp³-hybridized carbons (Fsp3) is 0.571. The first-order chi connectivity index (χ1) is 8.65. The molecule has 4 heteroatoms. The van der Waals surface area contributed by atoms with E-state index in [4.69, 9.17) is 10.5 Å². The molecule has 0 bridgehead atoms. The highest BCUT2D eigenvalue weighted by Gasteiger charge is 2.03. The highest BCUT2D eigenvalue weighted by atomic mass is 19.1. The maximum Gasteiger partial charge on any atom is 0.128 e. The van der Waals surface area contributed by atoms with E-state index in [1.165, 1.54) is 6.07 Å². The van der Waals surface area contributed by atoms with Crippen LogP contribution in [0.2, 0.25) is 0 Å². The number of benzene rings is 1. The highest BCUT2D eigenvalue weighted by molar-refractivity contribution is 5.67. The SMILES string of the molecule is CCCCOCCCNc1cc(C)c(F)cc1N. The third kappa shape index (κ3) is 4.92. The van der Waals surface area contributed by atoms with Crippen LogP contribution < -0.4 is 11.1 Å². The van der Waals surface area contributed by atoms with Crippen LogP contribution in [0, 0.1) is 12.7 Å². The molecule has 0 saturated heterocycles. The van der Waals surface area contributed by atoms with E-state index in [0.29, 0.717) is 11.3 Å². The van der Waals surface area contributed by atoms with E-state index in [0.717, 1.165) is 44.7 Å². The van der Waals surface area contributed by atoms with Gasteiger partial charge in [0.2, 0.25) is 0 Å². The summed E-state index contributed by atoms with van der Waals surface area (Å²) in [7, 11) is 0. The normalized spacial score (nSPS) is 10.6. The van der Waals surface area contributed by atoms with Crippen molar-refractivity contribution >= 4 is 11.4 Å². The second-order valence-corrected chi connectivity index (χ2v) is 4.43. The van der Waals surface area contributed by atoms with Crippen molar-refractivity contribution in [2.75, 3.05) is 30.8 Å². The van der Waals surface area contributed by atoms with Crippen LogP contribution in [0.1, 0.15) is 31.7 Å². The Labute approximate surface area is 109 Å². The molecule has 0 aromatic heterocycles. The molecular formula is C14H23FN2O. The number of hydrogen-bond donors (Lipinski definition) is 2. The van der Waals surface area contributed by atoms with Gasteiger partial charge >= 0.3 is 0 Å². The molecule has 18 heavy (non-hydrogen) atoms. The average Bonchev–Trinajstić information content (AvgIpc) is 2.34. The molecule has 0 aliphatic heterocycles. The van der Waals surface area contributed by atoms with Crippen LogP contribution >= 0.6 is 0 Å². The van der Waals surface area contributed by atoms with Crippen molar-refractivity contribution in [3.05, 3.63) is 23.5 Å². The molecule has 1 aromatic carbocycles. The van der Waals surface area contributed by atoms with Gasteiger partial charge in [-0.2, -0.15) is 0 Å². The molecule has 3 nitrogen and oxygen atoms in total. The van der Waals surface area contributed by atoms with Crippen molar-refractivity contribution in [2.24, 2.45) is 0 Å². The van der Waals surface area contributed by atoms with Gasteiger partial charge in [0, 0.05) is 19.8 Å². The van der Waals surface area contributed by atoms with Crippen molar-refractivity contribution in [2.45, 2.75) is 33.1 Å². The molecular weight excluding hydrogens is 231 g/mol. The lowest BCUT2D eigenvalue weighted by atomic mass is 10.2. The van der Waals surface area contributed by atoms with Crippen molar-refractivity contribution in [1.29, 1.82) is 0 Å². The topological polar surface area (TPSA) is 47.3 Å². The highest BCUT2D eigenvalue weighted by Crippen LogP contribution is 2.22. The van der Waals surface area contributed by atoms with E-state index in [2.05, 4.69) is 12.2 Å². The number of aryl methyl sites for hydroxylation is 1. The van der Waals surface area contributed by atoms with Gasteiger partial charge in [-0.15, -0.1) is 0 Å². The summed E-state index contributed by atoms with van der Waals surface area (Å²) in [5, 5.41) is 3.20. The van der Waals surface area contributed by atoms with E-state index in [1.54, 1.807) is 13.0 Å².